The molecular formula is C18H27N3O4S. The highest BCUT2D eigenvalue weighted by molar-refractivity contribution is 7.89. The minimum Gasteiger partial charge on any atom is -0.379 e. The van der Waals surface area contributed by atoms with Crippen LogP contribution in [0, 0.1) is 6.92 Å². The summed E-state index contributed by atoms with van der Waals surface area (Å²) in [5.74, 6) is -0.232. The molecule has 144 valence electrons. The van der Waals surface area contributed by atoms with Crippen LogP contribution in [0.15, 0.2) is 23.1 Å². The van der Waals surface area contributed by atoms with Gasteiger partial charge in [-0.05, 0) is 50.9 Å². The van der Waals surface area contributed by atoms with Gasteiger partial charge >= 0.3 is 0 Å². The van der Waals surface area contributed by atoms with Crippen LogP contribution in [0.5, 0.6) is 0 Å². The van der Waals surface area contributed by atoms with Gasteiger partial charge in [0.15, 0.2) is 0 Å². The van der Waals surface area contributed by atoms with E-state index >= 15 is 0 Å². The van der Waals surface area contributed by atoms with Crippen LogP contribution in [0.25, 0.3) is 0 Å². The summed E-state index contributed by atoms with van der Waals surface area (Å²) < 4.78 is 32.6. The third-order valence-corrected chi connectivity index (χ3v) is 7.16. The molecule has 8 heteroatoms. The molecule has 2 atom stereocenters. The lowest BCUT2D eigenvalue weighted by Crippen LogP contribution is -2.51. The van der Waals surface area contributed by atoms with Gasteiger partial charge in [0.1, 0.15) is 0 Å². The minimum absolute atomic E-state index is 0.0526. The van der Waals surface area contributed by atoms with Crippen molar-refractivity contribution >= 4 is 15.9 Å². The van der Waals surface area contributed by atoms with Gasteiger partial charge in [-0.1, -0.05) is 6.07 Å². The number of piperidine rings is 1. The molecule has 1 aromatic carbocycles. The van der Waals surface area contributed by atoms with Gasteiger partial charge in [-0.2, -0.15) is 4.31 Å². The van der Waals surface area contributed by atoms with Gasteiger partial charge < -0.3 is 15.4 Å². The van der Waals surface area contributed by atoms with Crippen LogP contribution in [0.3, 0.4) is 0 Å². The Morgan fingerprint density at radius 1 is 1.31 bits per heavy atom. The number of amides is 1. The van der Waals surface area contributed by atoms with E-state index in [0.717, 1.165) is 19.4 Å². The Bertz CT molecular complexity index is 760. The van der Waals surface area contributed by atoms with E-state index in [1.807, 2.05) is 6.92 Å². The van der Waals surface area contributed by atoms with E-state index in [9.17, 15) is 13.2 Å². The molecule has 2 aliphatic rings. The highest BCUT2D eigenvalue weighted by Gasteiger charge is 2.29. The first-order chi connectivity index (χ1) is 12.4. The van der Waals surface area contributed by atoms with E-state index in [1.54, 1.807) is 19.1 Å². The van der Waals surface area contributed by atoms with Crippen LogP contribution in [-0.4, -0.2) is 63.6 Å². The van der Waals surface area contributed by atoms with Gasteiger partial charge in [0.05, 0.1) is 18.1 Å². The second kappa shape index (κ2) is 8.04. The van der Waals surface area contributed by atoms with Gasteiger partial charge in [-0.25, -0.2) is 8.42 Å². The van der Waals surface area contributed by atoms with E-state index < -0.39 is 10.0 Å². The first-order valence-corrected chi connectivity index (χ1v) is 10.6. The number of carbonyl (C=O) groups is 1. The molecule has 0 radical (unpaired) electrons. The highest BCUT2D eigenvalue weighted by Crippen LogP contribution is 2.22. The number of aryl methyl sites for hydroxylation is 1. The van der Waals surface area contributed by atoms with Crippen molar-refractivity contribution < 1.29 is 17.9 Å². The van der Waals surface area contributed by atoms with Crippen molar-refractivity contribution in [2.24, 2.45) is 0 Å². The van der Waals surface area contributed by atoms with Crippen LogP contribution < -0.4 is 10.6 Å². The lowest BCUT2D eigenvalue weighted by Gasteiger charge is -2.30. The van der Waals surface area contributed by atoms with Crippen molar-refractivity contribution in [3.63, 3.8) is 0 Å². The van der Waals surface area contributed by atoms with Crippen LogP contribution in [-0.2, 0) is 14.8 Å². The summed E-state index contributed by atoms with van der Waals surface area (Å²) >= 11 is 0. The van der Waals surface area contributed by atoms with Gasteiger partial charge in [0.25, 0.3) is 5.91 Å². The lowest BCUT2D eigenvalue weighted by atomic mass is 9.99. The second-order valence-corrected chi connectivity index (χ2v) is 8.87. The van der Waals surface area contributed by atoms with E-state index in [2.05, 4.69) is 10.6 Å². The molecule has 2 aliphatic heterocycles. The van der Waals surface area contributed by atoms with Crippen molar-refractivity contribution in [3.8, 4) is 0 Å². The number of ether oxygens (including phenoxy) is 1. The first kappa shape index (κ1) is 19.3. The standard InChI is InChI=1S/C18H27N3O4S/c1-13-5-6-15(18(22)20-16-4-3-7-19-14(16)2)12-17(13)26(23,24)21-8-10-25-11-9-21/h5-6,12,14,16,19H,3-4,7-11H2,1-2H3,(H,20,22). The number of benzene rings is 1. The summed E-state index contributed by atoms with van der Waals surface area (Å²) in [6, 6.07) is 5.14. The number of nitrogens with one attached hydrogen (secondary N) is 2. The predicted octanol–water partition coefficient (Wildman–Crippen LogP) is 0.886. The van der Waals surface area contributed by atoms with Crippen molar-refractivity contribution in [3.05, 3.63) is 29.3 Å². The fraction of sp³-hybridized carbons (Fsp3) is 0.611. The Kier molecular flexibility index (Phi) is 5.96. The Balaban J connectivity index is 1.81. The SMILES string of the molecule is Cc1ccc(C(=O)NC2CCCNC2C)cc1S(=O)(=O)N1CCOCC1. The topological polar surface area (TPSA) is 87.7 Å². The molecule has 3 rings (SSSR count). The van der Waals surface area contributed by atoms with Gasteiger partial charge in [-0.3, -0.25) is 4.79 Å². The van der Waals surface area contributed by atoms with Gasteiger partial charge in [0.2, 0.25) is 10.0 Å². The smallest absolute Gasteiger partial charge is 0.251 e. The number of sulfonamides is 1. The maximum absolute atomic E-state index is 13.0. The van der Waals surface area contributed by atoms with E-state index in [4.69, 9.17) is 4.74 Å². The highest BCUT2D eigenvalue weighted by atomic mass is 32.2. The molecule has 0 bridgehead atoms. The summed E-state index contributed by atoms with van der Waals surface area (Å²) in [6.45, 7) is 6.22. The predicted molar refractivity (Wildman–Crippen MR) is 98.7 cm³/mol. The number of hydrogen-bond acceptors (Lipinski definition) is 5. The molecule has 2 fully saturated rings. The quantitative estimate of drug-likeness (QED) is 0.809. The lowest BCUT2D eigenvalue weighted by molar-refractivity contribution is 0.0730. The number of hydrogen-bond donors (Lipinski definition) is 2. The van der Waals surface area contributed by atoms with Crippen molar-refractivity contribution in [2.45, 2.75) is 43.7 Å². The molecule has 2 saturated heterocycles. The number of carbonyl (C=O) groups excluding carboxylic acids is 1. The fourth-order valence-electron chi connectivity index (χ4n) is 3.44. The molecule has 0 spiro atoms. The molecule has 1 amide bonds. The molecule has 0 aromatic heterocycles. The Hall–Kier alpha value is -1.48. The van der Waals surface area contributed by atoms with Crippen molar-refractivity contribution in [1.82, 2.24) is 14.9 Å². The average Bonchev–Trinajstić information content (AvgIpc) is 2.64. The Morgan fingerprint density at radius 2 is 2.04 bits per heavy atom. The van der Waals surface area contributed by atoms with Crippen molar-refractivity contribution in [2.75, 3.05) is 32.8 Å². The monoisotopic (exact) mass is 381 g/mol. The third-order valence-electron chi connectivity index (χ3n) is 5.12. The maximum atomic E-state index is 13.0. The molecule has 0 aliphatic carbocycles. The molecule has 2 heterocycles. The summed E-state index contributed by atoms with van der Waals surface area (Å²) in [5.41, 5.74) is 1.01. The number of nitrogens with zero attached hydrogens (tertiary/aromatic N) is 1. The Labute approximate surface area is 155 Å². The van der Waals surface area contributed by atoms with Crippen LogP contribution in [0.2, 0.25) is 0 Å². The van der Waals surface area contributed by atoms with Crippen LogP contribution >= 0.6 is 0 Å². The average molecular weight is 381 g/mol. The second-order valence-electron chi connectivity index (χ2n) is 6.96. The molecule has 1 aromatic rings. The fourth-order valence-corrected chi connectivity index (χ4v) is 5.10. The summed E-state index contributed by atoms with van der Waals surface area (Å²) in [7, 11) is -3.63. The van der Waals surface area contributed by atoms with Crippen LogP contribution in [0.1, 0.15) is 35.7 Å². The summed E-state index contributed by atoms with van der Waals surface area (Å²) in [5, 5.41) is 6.38. The molecule has 2 N–H and O–H groups in total. The van der Waals surface area contributed by atoms with Crippen molar-refractivity contribution in [1.29, 1.82) is 0 Å². The molecular weight excluding hydrogens is 354 g/mol. The number of rotatable bonds is 4. The zero-order chi connectivity index (χ0) is 18.7. The minimum atomic E-state index is -3.63. The molecule has 26 heavy (non-hydrogen) atoms. The molecule has 0 saturated carbocycles. The largest absolute Gasteiger partial charge is 0.379 e. The third kappa shape index (κ3) is 4.09. The van der Waals surface area contributed by atoms with E-state index in [0.29, 0.717) is 37.4 Å². The Morgan fingerprint density at radius 3 is 2.73 bits per heavy atom. The normalized spacial score (nSPS) is 25.0. The van der Waals surface area contributed by atoms with E-state index in [-0.39, 0.29) is 22.9 Å². The molecule has 2 unspecified atom stereocenters. The summed E-state index contributed by atoms with van der Waals surface area (Å²) in [4.78, 5) is 12.9. The molecule has 7 nitrogen and oxygen atoms in total. The maximum Gasteiger partial charge on any atom is 0.251 e. The zero-order valence-electron chi connectivity index (χ0n) is 15.3. The first-order valence-electron chi connectivity index (χ1n) is 9.12. The van der Waals surface area contributed by atoms with Crippen LogP contribution in [0.4, 0.5) is 0 Å². The summed E-state index contributed by atoms with van der Waals surface area (Å²) in [6.07, 6.45) is 1.94. The van der Waals surface area contributed by atoms with E-state index in [1.165, 1.54) is 10.4 Å². The van der Waals surface area contributed by atoms with Gasteiger partial charge in [-0.15, -0.1) is 0 Å². The van der Waals surface area contributed by atoms with Gasteiger partial charge in [0, 0.05) is 30.7 Å². The number of morpholine rings is 1. The zero-order valence-corrected chi connectivity index (χ0v) is 16.1.